The van der Waals surface area contributed by atoms with Gasteiger partial charge in [0.05, 0.1) is 24.0 Å². The minimum atomic E-state index is -1.39. The summed E-state index contributed by atoms with van der Waals surface area (Å²) in [7, 11) is -1.39. The van der Waals surface area contributed by atoms with Crippen LogP contribution in [0.1, 0.15) is 22.3 Å². The van der Waals surface area contributed by atoms with Gasteiger partial charge in [-0.1, -0.05) is 36.4 Å². The summed E-state index contributed by atoms with van der Waals surface area (Å²) in [4.78, 5) is 35.4. The molecule has 1 aromatic carbocycles. The molecule has 27 heavy (non-hydrogen) atoms. The van der Waals surface area contributed by atoms with Crippen LogP contribution in [-0.4, -0.2) is 47.5 Å². The van der Waals surface area contributed by atoms with Gasteiger partial charge in [0.2, 0.25) is 11.8 Å². The molecule has 2 atom stereocenters. The molecule has 1 aliphatic carbocycles. The molecule has 0 saturated carbocycles. The van der Waals surface area contributed by atoms with E-state index in [4.69, 9.17) is 4.65 Å². The highest BCUT2D eigenvalue weighted by Gasteiger charge is 2.37. The molecule has 0 spiro atoms. The quantitative estimate of drug-likeness (QED) is 0.544. The van der Waals surface area contributed by atoms with Crippen LogP contribution in [0.25, 0.3) is 0 Å². The number of hydrogen-bond acceptors (Lipinski definition) is 5. The highest BCUT2D eigenvalue weighted by Crippen LogP contribution is 2.30. The number of carboxylic acid groups (broad SMARTS) is 1. The normalized spacial score (nSPS) is 20.4. The monoisotopic (exact) mass is 370 g/mol. The molecule has 0 saturated heterocycles. The Balaban J connectivity index is 1.56. The number of hydrogen-bond donors (Lipinski definition) is 4. The van der Waals surface area contributed by atoms with Crippen LogP contribution < -0.4 is 15.3 Å². The number of aromatic carboxylic acids is 1. The Hall–Kier alpha value is -3.07. The fraction of sp³-hybridized carbons (Fsp3) is 0.278. The molecule has 2 aliphatic rings. The average molecular weight is 370 g/mol. The van der Waals surface area contributed by atoms with E-state index in [2.05, 4.69) is 10.6 Å². The Labute approximate surface area is 156 Å². The Morgan fingerprint density at radius 3 is 2.78 bits per heavy atom. The molecule has 4 N–H and O–H groups in total. The Morgan fingerprint density at radius 1 is 1.26 bits per heavy atom. The summed E-state index contributed by atoms with van der Waals surface area (Å²) in [6.45, 7) is -0.224. The summed E-state index contributed by atoms with van der Waals surface area (Å²) in [6, 6.07) is 4.64. The number of nitrogens with one attached hydrogen (secondary N) is 2. The number of amides is 2. The van der Waals surface area contributed by atoms with Crippen LogP contribution >= 0.6 is 0 Å². The van der Waals surface area contributed by atoms with Crippen molar-refractivity contribution < 1.29 is 29.2 Å². The summed E-state index contributed by atoms with van der Waals surface area (Å²) in [6.07, 6.45) is 8.09. The van der Waals surface area contributed by atoms with Crippen LogP contribution in [0.5, 0.6) is 5.75 Å². The van der Waals surface area contributed by atoms with Crippen LogP contribution in [-0.2, 0) is 16.0 Å². The van der Waals surface area contributed by atoms with Crippen LogP contribution in [0.4, 0.5) is 0 Å². The summed E-state index contributed by atoms with van der Waals surface area (Å²) < 4.78 is 5.31. The van der Waals surface area contributed by atoms with Crippen molar-refractivity contribution in [3.63, 3.8) is 0 Å². The van der Waals surface area contributed by atoms with E-state index in [-0.39, 0.29) is 36.1 Å². The number of rotatable bonds is 5. The van der Waals surface area contributed by atoms with E-state index in [0.717, 1.165) is 0 Å². The third kappa shape index (κ3) is 4.37. The molecule has 0 fully saturated rings. The molecular weight excluding hydrogens is 351 g/mol. The first-order valence-corrected chi connectivity index (χ1v) is 8.56. The molecule has 1 unspecified atom stereocenters. The number of carboxylic acids is 1. The second kappa shape index (κ2) is 8.09. The molecule has 1 heterocycles. The molecule has 2 amide bonds. The van der Waals surface area contributed by atoms with Crippen molar-refractivity contribution in [2.75, 3.05) is 6.54 Å². The van der Waals surface area contributed by atoms with E-state index in [1.807, 2.05) is 12.2 Å². The predicted molar refractivity (Wildman–Crippen MR) is 97.0 cm³/mol. The fourth-order valence-corrected chi connectivity index (χ4v) is 3.05. The number of allylic oxidation sites excluding steroid dienone is 3. The average Bonchev–Trinajstić information content (AvgIpc) is 2.66. The third-order valence-corrected chi connectivity index (χ3v) is 4.44. The molecule has 9 heteroatoms. The van der Waals surface area contributed by atoms with E-state index in [0.29, 0.717) is 12.0 Å². The SMILES string of the molecule is O=C(CNC(=O)C1C=CC=CC1)N[C@H]1Cc2cccc(C(=O)O)c2OB1O. The lowest BCUT2D eigenvalue weighted by Crippen LogP contribution is -2.55. The number of carbonyl (C=O) groups excluding carboxylic acids is 2. The zero-order chi connectivity index (χ0) is 19.4. The second-order valence-electron chi connectivity index (χ2n) is 6.36. The minimum Gasteiger partial charge on any atom is -0.534 e. The number of para-hydroxylation sites is 1. The lowest BCUT2D eigenvalue weighted by atomic mass is 9.72. The second-order valence-corrected chi connectivity index (χ2v) is 6.36. The maximum atomic E-state index is 12.1. The third-order valence-electron chi connectivity index (χ3n) is 4.44. The maximum Gasteiger partial charge on any atom is 0.547 e. The Kier molecular flexibility index (Phi) is 5.61. The van der Waals surface area contributed by atoms with E-state index >= 15 is 0 Å². The van der Waals surface area contributed by atoms with Gasteiger partial charge in [-0.25, -0.2) is 4.79 Å². The number of carbonyl (C=O) groups is 3. The predicted octanol–water partition coefficient (Wildman–Crippen LogP) is 0.0727. The van der Waals surface area contributed by atoms with Crippen molar-refractivity contribution in [1.82, 2.24) is 10.6 Å². The topological polar surface area (TPSA) is 125 Å². The molecule has 1 aromatic rings. The number of benzene rings is 1. The first-order valence-electron chi connectivity index (χ1n) is 8.56. The summed E-state index contributed by atoms with van der Waals surface area (Å²) in [5.41, 5.74) is 0.534. The van der Waals surface area contributed by atoms with Crippen molar-refractivity contribution in [3.05, 3.63) is 53.6 Å². The highest BCUT2D eigenvalue weighted by atomic mass is 16.5. The van der Waals surface area contributed by atoms with Gasteiger partial charge < -0.3 is 25.4 Å². The Morgan fingerprint density at radius 2 is 2.07 bits per heavy atom. The minimum absolute atomic E-state index is 0.0434. The van der Waals surface area contributed by atoms with E-state index < -0.39 is 24.9 Å². The van der Waals surface area contributed by atoms with Crippen LogP contribution in [0.15, 0.2) is 42.5 Å². The molecule has 8 nitrogen and oxygen atoms in total. The van der Waals surface area contributed by atoms with Gasteiger partial charge in [0, 0.05) is 0 Å². The molecular formula is C18H19BN2O6. The molecule has 0 radical (unpaired) electrons. The smallest absolute Gasteiger partial charge is 0.534 e. The van der Waals surface area contributed by atoms with Gasteiger partial charge in [-0.05, 0) is 24.5 Å². The zero-order valence-corrected chi connectivity index (χ0v) is 14.4. The van der Waals surface area contributed by atoms with Crippen LogP contribution in [0.2, 0.25) is 0 Å². The van der Waals surface area contributed by atoms with E-state index in [9.17, 15) is 24.5 Å². The van der Waals surface area contributed by atoms with Gasteiger partial charge in [-0.2, -0.15) is 0 Å². The summed E-state index contributed by atoms with van der Waals surface area (Å²) in [5, 5.41) is 24.5. The van der Waals surface area contributed by atoms with Crippen molar-refractivity contribution in [2.24, 2.45) is 5.92 Å². The fourth-order valence-electron chi connectivity index (χ4n) is 3.05. The lowest BCUT2D eigenvalue weighted by molar-refractivity contribution is -0.127. The highest BCUT2D eigenvalue weighted by molar-refractivity contribution is 6.47. The van der Waals surface area contributed by atoms with Gasteiger partial charge in [0.15, 0.2) is 0 Å². The van der Waals surface area contributed by atoms with Crippen molar-refractivity contribution >= 4 is 24.9 Å². The molecule has 1 aliphatic heterocycles. The molecule has 0 bridgehead atoms. The van der Waals surface area contributed by atoms with Crippen molar-refractivity contribution in [3.8, 4) is 5.75 Å². The summed E-state index contributed by atoms with van der Waals surface area (Å²) in [5.74, 6) is -2.81. The first kappa shape index (κ1) is 18.7. The van der Waals surface area contributed by atoms with Gasteiger partial charge in [-0.15, -0.1) is 0 Å². The van der Waals surface area contributed by atoms with Gasteiger partial charge in [0.25, 0.3) is 0 Å². The largest absolute Gasteiger partial charge is 0.547 e. The Bertz CT molecular complexity index is 822. The lowest BCUT2D eigenvalue weighted by Gasteiger charge is -2.29. The van der Waals surface area contributed by atoms with Gasteiger partial charge >= 0.3 is 13.1 Å². The maximum absolute atomic E-state index is 12.1. The van der Waals surface area contributed by atoms with Crippen LogP contribution in [0, 0.1) is 5.92 Å². The van der Waals surface area contributed by atoms with Crippen molar-refractivity contribution in [2.45, 2.75) is 18.8 Å². The number of fused-ring (bicyclic) bond motifs is 1. The van der Waals surface area contributed by atoms with E-state index in [1.165, 1.54) is 6.07 Å². The van der Waals surface area contributed by atoms with Crippen molar-refractivity contribution in [1.29, 1.82) is 0 Å². The standard InChI is InChI=1S/C18H19BN2O6/c22-15(10-20-17(23)11-5-2-1-3-6-11)21-14-9-12-7-4-8-13(18(24)25)16(12)27-19(14)26/h1-5,7-8,11,14,26H,6,9-10H2,(H,20,23)(H,21,22)(H,24,25)/t11?,14-/m0/s1. The van der Waals surface area contributed by atoms with Gasteiger partial charge in [-0.3, -0.25) is 9.59 Å². The molecule has 140 valence electrons. The zero-order valence-electron chi connectivity index (χ0n) is 14.4. The van der Waals surface area contributed by atoms with Crippen LogP contribution in [0.3, 0.4) is 0 Å². The molecule has 0 aromatic heterocycles. The van der Waals surface area contributed by atoms with Gasteiger partial charge in [0.1, 0.15) is 5.75 Å². The first-order chi connectivity index (χ1) is 13.0. The molecule has 3 rings (SSSR count). The summed E-state index contributed by atoms with van der Waals surface area (Å²) >= 11 is 0. The van der Waals surface area contributed by atoms with E-state index in [1.54, 1.807) is 24.3 Å².